The van der Waals surface area contributed by atoms with Crippen LogP contribution in [0.25, 0.3) is 0 Å². The first kappa shape index (κ1) is 15.4. The van der Waals surface area contributed by atoms with E-state index in [0.29, 0.717) is 6.42 Å². The molecule has 0 radical (unpaired) electrons. The van der Waals surface area contributed by atoms with Gasteiger partial charge >= 0.3 is 6.18 Å². The van der Waals surface area contributed by atoms with Crippen molar-refractivity contribution in [3.05, 3.63) is 12.2 Å². The lowest BCUT2D eigenvalue weighted by Gasteiger charge is -2.20. The van der Waals surface area contributed by atoms with Crippen LogP contribution in [-0.4, -0.2) is 29.1 Å². The van der Waals surface area contributed by atoms with Gasteiger partial charge in [-0.15, -0.1) is 0 Å². The van der Waals surface area contributed by atoms with E-state index in [1.165, 1.54) is 6.08 Å². The fraction of sp³-hybridized carbons (Fsp3) is 0.818. The smallest absolute Gasteiger partial charge is 0.394 e. The van der Waals surface area contributed by atoms with Crippen molar-refractivity contribution in [2.24, 2.45) is 5.92 Å². The Kier molecular flexibility index (Phi) is 7.42. The van der Waals surface area contributed by atoms with E-state index in [2.05, 4.69) is 0 Å². The number of aliphatic hydroxyl groups is 2. The summed E-state index contributed by atoms with van der Waals surface area (Å²) in [5.74, 6) is -1.97. The Balaban J connectivity index is 4.22. The molecule has 0 rings (SSSR count). The van der Waals surface area contributed by atoms with Crippen LogP contribution in [0, 0.1) is 5.92 Å². The summed E-state index contributed by atoms with van der Waals surface area (Å²) in [6.45, 7) is 1.13. The number of aliphatic hydroxyl groups excluding tert-OH is 2. The van der Waals surface area contributed by atoms with Crippen molar-refractivity contribution in [3.8, 4) is 0 Å². The second-order valence-corrected chi connectivity index (χ2v) is 3.74. The average molecular weight is 240 g/mol. The molecule has 0 aromatic heterocycles. The third kappa shape index (κ3) is 6.12. The monoisotopic (exact) mass is 240 g/mol. The molecule has 0 saturated heterocycles. The molecule has 0 heterocycles. The summed E-state index contributed by atoms with van der Waals surface area (Å²) < 4.78 is 37.2. The van der Waals surface area contributed by atoms with Gasteiger partial charge in [0, 0.05) is 0 Å². The van der Waals surface area contributed by atoms with Crippen molar-refractivity contribution in [1.82, 2.24) is 0 Å². The molecule has 2 unspecified atom stereocenters. The largest absolute Gasteiger partial charge is 0.397 e. The van der Waals surface area contributed by atoms with Gasteiger partial charge in [-0.2, -0.15) is 13.2 Å². The van der Waals surface area contributed by atoms with E-state index >= 15 is 0 Å². The van der Waals surface area contributed by atoms with Crippen molar-refractivity contribution in [1.29, 1.82) is 0 Å². The number of hydrogen-bond acceptors (Lipinski definition) is 2. The molecule has 16 heavy (non-hydrogen) atoms. The molecule has 0 saturated carbocycles. The highest BCUT2D eigenvalue weighted by atomic mass is 19.4. The highest BCUT2D eigenvalue weighted by molar-refractivity contribution is 4.95. The third-order valence-electron chi connectivity index (χ3n) is 2.30. The molecule has 0 amide bonds. The van der Waals surface area contributed by atoms with Crippen molar-refractivity contribution in [2.75, 3.05) is 6.61 Å². The zero-order valence-corrected chi connectivity index (χ0v) is 9.37. The molecule has 0 aliphatic rings. The molecule has 2 nitrogen and oxygen atoms in total. The molecule has 0 fully saturated rings. The Morgan fingerprint density at radius 3 is 2.31 bits per heavy atom. The number of halogens is 3. The van der Waals surface area contributed by atoms with Crippen molar-refractivity contribution in [2.45, 2.75) is 44.9 Å². The number of alkyl halides is 3. The lowest BCUT2D eigenvalue weighted by Crippen LogP contribution is -2.34. The molecular formula is C11H19F3O2. The Morgan fingerprint density at radius 1 is 1.25 bits per heavy atom. The van der Waals surface area contributed by atoms with E-state index in [1.54, 1.807) is 0 Å². The molecule has 2 N–H and O–H groups in total. The number of rotatable bonds is 7. The second kappa shape index (κ2) is 7.68. The fourth-order valence-electron chi connectivity index (χ4n) is 1.32. The summed E-state index contributed by atoms with van der Waals surface area (Å²) in [6, 6.07) is 0. The van der Waals surface area contributed by atoms with Crippen LogP contribution in [0.4, 0.5) is 13.2 Å². The number of allylic oxidation sites excluding steroid dienone is 1. The average Bonchev–Trinajstić information content (AvgIpc) is 2.20. The maximum absolute atomic E-state index is 12.4. The zero-order chi connectivity index (χ0) is 12.6. The molecule has 0 aliphatic heterocycles. The van der Waals surface area contributed by atoms with Gasteiger partial charge in [-0.05, 0) is 12.8 Å². The van der Waals surface area contributed by atoms with Crippen LogP contribution < -0.4 is 0 Å². The van der Waals surface area contributed by atoms with Crippen LogP contribution in [0.3, 0.4) is 0 Å². The van der Waals surface area contributed by atoms with E-state index in [0.717, 1.165) is 25.3 Å². The fourth-order valence-corrected chi connectivity index (χ4v) is 1.32. The van der Waals surface area contributed by atoms with Gasteiger partial charge in [-0.3, -0.25) is 0 Å². The predicted octanol–water partition coefficient (Wildman–Crippen LogP) is 2.65. The SMILES string of the molecule is CCCCC/C=C/C(C(O)CO)C(F)(F)F. The van der Waals surface area contributed by atoms with Gasteiger partial charge in [0.1, 0.15) is 5.92 Å². The van der Waals surface area contributed by atoms with Gasteiger partial charge in [-0.1, -0.05) is 31.9 Å². The van der Waals surface area contributed by atoms with Gasteiger partial charge in [0.15, 0.2) is 0 Å². The quantitative estimate of drug-likeness (QED) is 0.530. The normalized spacial score (nSPS) is 16.6. The van der Waals surface area contributed by atoms with Gasteiger partial charge in [-0.25, -0.2) is 0 Å². The molecule has 96 valence electrons. The van der Waals surface area contributed by atoms with E-state index in [1.807, 2.05) is 6.92 Å². The Hall–Kier alpha value is -0.550. The van der Waals surface area contributed by atoms with Crippen LogP contribution >= 0.6 is 0 Å². The van der Waals surface area contributed by atoms with Gasteiger partial charge in [0.2, 0.25) is 0 Å². The minimum absolute atomic E-state index is 0.568. The molecule has 0 bridgehead atoms. The number of unbranched alkanes of at least 4 members (excludes halogenated alkanes) is 3. The lowest BCUT2D eigenvalue weighted by atomic mass is 10.0. The maximum Gasteiger partial charge on any atom is 0.397 e. The topological polar surface area (TPSA) is 40.5 Å². The van der Waals surface area contributed by atoms with Crippen LogP contribution in [0.15, 0.2) is 12.2 Å². The highest BCUT2D eigenvalue weighted by Crippen LogP contribution is 2.30. The molecule has 0 spiro atoms. The molecule has 0 aliphatic carbocycles. The molecule has 0 aromatic carbocycles. The van der Waals surface area contributed by atoms with E-state index in [4.69, 9.17) is 10.2 Å². The minimum Gasteiger partial charge on any atom is -0.394 e. The molecular weight excluding hydrogens is 221 g/mol. The van der Waals surface area contributed by atoms with Gasteiger partial charge in [0.25, 0.3) is 0 Å². The molecule has 2 atom stereocenters. The Morgan fingerprint density at radius 2 is 1.88 bits per heavy atom. The van der Waals surface area contributed by atoms with Crippen LogP contribution in [0.1, 0.15) is 32.6 Å². The summed E-state index contributed by atoms with van der Waals surface area (Å²) in [5.41, 5.74) is 0. The summed E-state index contributed by atoms with van der Waals surface area (Å²) in [5, 5.41) is 17.6. The maximum atomic E-state index is 12.4. The predicted molar refractivity (Wildman–Crippen MR) is 55.9 cm³/mol. The third-order valence-corrected chi connectivity index (χ3v) is 2.30. The first-order valence-electron chi connectivity index (χ1n) is 5.45. The van der Waals surface area contributed by atoms with E-state index in [9.17, 15) is 13.2 Å². The summed E-state index contributed by atoms with van der Waals surface area (Å²) >= 11 is 0. The van der Waals surface area contributed by atoms with Crippen LogP contribution in [-0.2, 0) is 0 Å². The standard InChI is InChI=1S/C11H19F3O2/c1-2-3-4-5-6-7-9(10(16)8-15)11(12,13)14/h6-7,9-10,15-16H,2-5,8H2,1H3/b7-6+. The molecule has 5 heteroatoms. The highest BCUT2D eigenvalue weighted by Gasteiger charge is 2.42. The zero-order valence-electron chi connectivity index (χ0n) is 9.37. The van der Waals surface area contributed by atoms with Crippen molar-refractivity contribution >= 4 is 0 Å². The summed E-state index contributed by atoms with van der Waals surface area (Å²) in [6.07, 6.45) is -0.528. The lowest BCUT2D eigenvalue weighted by molar-refractivity contribution is -0.188. The Labute approximate surface area is 93.8 Å². The van der Waals surface area contributed by atoms with Crippen molar-refractivity contribution < 1.29 is 23.4 Å². The minimum atomic E-state index is -4.51. The van der Waals surface area contributed by atoms with E-state index < -0.39 is 24.8 Å². The summed E-state index contributed by atoms with van der Waals surface area (Å²) in [7, 11) is 0. The Bertz CT molecular complexity index is 202. The van der Waals surface area contributed by atoms with Gasteiger partial charge in [0.05, 0.1) is 12.7 Å². The van der Waals surface area contributed by atoms with Crippen molar-refractivity contribution in [3.63, 3.8) is 0 Å². The van der Waals surface area contributed by atoms with Crippen LogP contribution in [0.5, 0.6) is 0 Å². The second-order valence-electron chi connectivity index (χ2n) is 3.74. The summed E-state index contributed by atoms with van der Waals surface area (Å²) in [4.78, 5) is 0. The first-order valence-corrected chi connectivity index (χ1v) is 5.45. The van der Waals surface area contributed by atoms with E-state index in [-0.39, 0.29) is 0 Å². The molecule has 0 aromatic rings. The number of hydrogen-bond donors (Lipinski definition) is 2. The first-order chi connectivity index (χ1) is 7.43. The van der Waals surface area contributed by atoms with Crippen LogP contribution in [0.2, 0.25) is 0 Å². The van der Waals surface area contributed by atoms with Gasteiger partial charge < -0.3 is 10.2 Å².